The summed E-state index contributed by atoms with van der Waals surface area (Å²) in [7, 11) is 0. The van der Waals surface area contributed by atoms with Gasteiger partial charge in [-0.05, 0) is 78.7 Å². The fourth-order valence-corrected chi connectivity index (χ4v) is 4.73. The first-order chi connectivity index (χ1) is 17.3. The molecule has 36 heavy (non-hydrogen) atoms. The van der Waals surface area contributed by atoms with Crippen molar-refractivity contribution >= 4 is 45.5 Å². The molecule has 180 valence electrons. The predicted octanol–water partition coefficient (Wildman–Crippen LogP) is 6.91. The van der Waals surface area contributed by atoms with Crippen LogP contribution < -0.4 is 9.64 Å². The van der Waals surface area contributed by atoms with E-state index in [0.29, 0.717) is 22.0 Å². The molecule has 0 aliphatic carbocycles. The number of benzene rings is 4. The van der Waals surface area contributed by atoms with E-state index in [1.165, 1.54) is 4.90 Å². The maximum absolute atomic E-state index is 13.4. The molecule has 0 aromatic heterocycles. The van der Waals surface area contributed by atoms with Crippen LogP contribution in [0.3, 0.4) is 0 Å². The summed E-state index contributed by atoms with van der Waals surface area (Å²) >= 11 is 6.09. The number of halogens is 1. The third-order valence-corrected chi connectivity index (χ3v) is 6.42. The number of carbonyl (C=O) groups excluding carboxylic acids is 2. The van der Waals surface area contributed by atoms with Gasteiger partial charge in [0.2, 0.25) is 0 Å². The Balaban J connectivity index is 1.72. The Morgan fingerprint density at radius 2 is 1.56 bits per heavy atom. The minimum absolute atomic E-state index is 0.000471. The lowest BCUT2D eigenvalue weighted by Crippen LogP contribution is -2.29. The third kappa shape index (κ3) is 4.23. The van der Waals surface area contributed by atoms with Gasteiger partial charge in [0.25, 0.3) is 11.7 Å². The van der Waals surface area contributed by atoms with Crippen LogP contribution in [0.4, 0.5) is 5.69 Å². The highest BCUT2D eigenvalue weighted by atomic mass is 35.5. The van der Waals surface area contributed by atoms with E-state index >= 15 is 0 Å². The Hall–Kier alpha value is -4.09. The van der Waals surface area contributed by atoms with Gasteiger partial charge in [-0.1, -0.05) is 54.1 Å². The van der Waals surface area contributed by atoms with Gasteiger partial charge in [-0.2, -0.15) is 0 Å². The molecule has 1 N–H and O–H groups in total. The fraction of sp³-hybridized carbons (Fsp3) is 0.133. The number of ether oxygens (including phenoxy) is 1. The second-order valence-corrected chi connectivity index (χ2v) is 9.34. The molecule has 0 bridgehead atoms. The van der Waals surface area contributed by atoms with Crippen molar-refractivity contribution in [2.75, 3.05) is 4.90 Å². The van der Waals surface area contributed by atoms with Crippen LogP contribution >= 0.6 is 11.6 Å². The highest BCUT2D eigenvalue weighted by Crippen LogP contribution is 2.44. The zero-order valence-electron chi connectivity index (χ0n) is 19.8. The minimum Gasteiger partial charge on any atom is -0.507 e. The number of carbonyl (C=O) groups is 2. The highest BCUT2D eigenvalue weighted by Gasteiger charge is 2.47. The van der Waals surface area contributed by atoms with E-state index in [2.05, 4.69) is 0 Å². The Morgan fingerprint density at radius 1 is 0.889 bits per heavy atom. The van der Waals surface area contributed by atoms with E-state index in [-0.39, 0.29) is 17.4 Å². The number of nitrogens with zero attached hydrogens (tertiary/aromatic N) is 1. The first-order valence-electron chi connectivity index (χ1n) is 11.7. The Bertz CT molecular complexity index is 1480. The number of anilines is 1. The molecule has 6 heteroatoms. The SMILES string of the molecule is CC(C)Oc1ccc(/C(O)=C2/C(=O)C(=O)N(c3ccc(Cl)cc3)C2c2cccc3ccccc23)cc1. The van der Waals surface area contributed by atoms with Crippen molar-refractivity contribution in [3.63, 3.8) is 0 Å². The smallest absolute Gasteiger partial charge is 0.300 e. The van der Waals surface area contributed by atoms with E-state index in [9.17, 15) is 14.7 Å². The lowest BCUT2D eigenvalue weighted by atomic mass is 9.91. The lowest BCUT2D eigenvalue weighted by Gasteiger charge is -2.26. The normalized spacial score (nSPS) is 17.2. The molecule has 1 aliphatic rings. The Kier molecular flexibility index (Phi) is 6.25. The van der Waals surface area contributed by atoms with Crippen molar-refractivity contribution in [2.24, 2.45) is 0 Å². The molecular weight excluding hydrogens is 474 g/mol. The van der Waals surface area contributed by atoms with E-state index in [1.54, 1.807) is 48.5 Å². The first kappa shape index (κ1) is 23.6. The maximum atomic E-state index is 13.4. The summed E-state index contributed by atoms with van der Waals surface area (Å²) in [5.74, 6) is -1.05. The molecule has 1 fully saturated rings. The lowest BCUT2D eigenvalue weighted by molar-refractivity contribution is -0.132. The molecule has 5 nitrogen and oxygen atoms in total. The first-order valence-corrected chi connectivity index (χ1v) is 12.0. The summed E-state index contributed by atoms with van der Waals surface area (Å²) in [4.78, 5) is 28.3. The second kappa shape index (κ2) is 9.51. The highest BCUT2D eigenvalue weighted by molar-refractivity contribution is 6.52. The topological polar surface area (TPSA) is 66.8 Å². The number of Topliss-reactive ketones (excluding diaryl/α,β-unsaturated/α-hetero) is 1. The van der Waals surface area contributed by atoms with Crippen LogP contribution in [0.1, 0.15) is 31.0 Å². The maximum Gasteiger partial charge on any atom is 0.300 e. The number of amides is 1. The van der Waals surface area contributed by atoms with E-state index < -0.39 is 17.7 Å². The molecule has 1 heterocycles. The summed E-state index contributed by atoms with van der Waals surface area (Å²) < 4.78 is 5.70. The molecule has 4 aromatic rings. The van der Waals surface area contributed by atoms with Gasteiger partial charge >= 0.3 is 0 Å². The van der Waals surface area contributed by atoms with Gasteiger partial charge in [-0.15, -0.1) is 0 Å². The van der Waals surface area contributed by atoms with Crippen LogP contribution in [0.2, 0.25) is 5.02 Å². The van der Waals surface area contributed by atoms with Gasteiger partial charge < -0.3 is 9.84 Å². The summed E-state index contributed by atoms with van der Waals surface area (Å²) in [5.41, 5.74) is 1.71. The largest absolute Gasteiger partial charge is 0.507 e. The van der Waals surface area contributed by atoms with Gasteiger partial charge in [0.05, 0.1) is 17.7 Å². The monoisotopic (exact) mass is 497 g/mol. The average molecular weight is 498 g/mol. The molecule has 1 amide bonds. The quantitative estimate of drug-likeness (QED) is 0.185. The van der Waals surface area contributed by atoms with Crippen molar-refractivity contribution in [1.29, 1.82) is 0 Å². The number of rotatable bonds is 5. The van der Waals surface area contributed by atoms with Gasteiger partial charge in [-0.3, -0.25) is 14.5 Å². The Labute approximate surface area is 214 Å². The molecule has 0 saturated carbocycles. The number of aliphatic hydroxyl groups excluding tert-OH is 1. The van der Waals surface area contributed by atoms with Crippen molar-refractivity contribution in [2.45, 2.75) is 26.0 Å². The van der Waals surface area contributed by atoms with E-state index in [1.807, 2.05) is 56.3 Å². The number of hydrogen-bond donors (Lipinski definition) is 1. The van der Waals surface area contributed by atoms with Crippen LogP contribution in [-0.2, 0) is 9.59 Å². The number of aliphatic hydroxyl groups is 1. The van der Waals surface area contributed by atoms with Crippen molar-refractivity contribution < 1.29 is 19.4 Å². The number of ketones is 1. The minimum atomic E-state index is -0.830. The molecular formula is C30H24ClNO4. The summed E-state index contributed by atoms with van der Waals surface area (Å²) in [5, 5.41) is 13.8. The van der Waals surface area contributed by atoms with Crippen LogP contribution in [0, 0.1) is 0 Å². The molecule has 0 radical (unpaired) electrons. The zero-order chi connectivity index (χ0) is 25.4. The van der Waals surface area contributed by atoms with Gasteiger partial charge in [0, 0.05) is 16.3 Å². The molecule has 1 saturated heterocycles. The molecule has 1 unspecified atom stereocenters. The van der Waals surface area contributed by atoms with Crippen molar-refractivity contribution in [3.05, 3.63) is 113 Å². The van der Waals surface area contributed by atoms with Gasteiger partial charge in [0.1, 0.15) is 11.5 Å². The molecule has 1 atom stereocenters. The predicted molar refractivity (Wildman–Crippen MR) is 142 cm³/mol. The summed E-state index contributed by atoms with van der Waals surface area (Å²) in [6, 6.07) is 26.3. The zero-order valence-corrected chi connectivity index (χ0v) is 20.6. The van der Waals surface area contributed by atoms with Crippen molar-refractivity contribution in [1.82, 2.24) is 0 Å². The van der Waals surface area contributed by atoms with E-state index in [4.69, 9.17) is 16.3 Å². The summed E-state index contributed by atoms with van der Waals surface area (Å²) in [6.07, 6.45) is 0.000471. The van der Waals surface area contributed by atoms with E-state index in [0.717, 1.165) is 16.3 Å². The van der Waals surface area contributed by atoms with Gasteiger partial charge in [0.15, 0.2) is 0 Å². The van der Waals surface area contributed by atoms with Crippen LogP contribution in [0.5, 0.6) is 5.75 Å². The second-order valence-electron chi connectivity index (χ2n) is 8.90. The number of fused-ring (bicyclic) bond motifs is 1. The van der Waals surface area contributed by atoms with Gasteiger partial charge in [-0.25, -0.2) is 0 Å². The molecule has 5 rings (SSSR count). The average Bonchev–Trinajstić information content (AvgIpc) is 3.14. The number of hydrogen-bond acceptors (Lipinski definition) is 4. The molecule has 4 aromatic carbocycles. The summed E-state index contributed by atoms with van der Waals surface area (Å²) in [6.45, 7) is 3.85. The molecule has 1 aliphatic heterocycles. The van der Waals surface area contributed by atoms with Crippen LogP contribution in [0.25, 0.3) is 16.5 Å². The van der Waals surface area contributed by atoms with Crippen LogP contribution in [-0.4, -0.2) is 22.9 Å². The van der Waals surface area contributed by atoms with Crippen LogP contribution in [0.15, 0.2) is 96.6 Å². The standard InChI is InChI=1S/C30H24ClNO4/c1-18(2)36-23-16-10-20(11-17-23)28(33)26-27(25-9-5-7-19-6-3-4-8-24(19)25)32(30(35)29(26)34)22-14-12-21(31)13-15-22/h3-18,27,33H,1-2H3/b28-26-. The molecule has 0 spiro atoms. The van der Waals surface area contributed by atoms with Crippen molar-refractivity contribution in [3.8, 4) is 5.75 Å². The fourth-order valence-electron chi connectivity index (χ4n) is 4.60. The third-order valence-electron chi connectivity index (χ3n) is 6.17. The Morgan fingerprint density at radius 3 is 2.25 bits per heavy atom.